The van der Waals surface area contributed by atoms with Gasteiger partial charge in [-0.25, -0.2) is 4.98 Å². The van der Waals surface area contributed by atoms with Crippen molar-refractivity contribution in [2.24, 2.45) is 5.92 Å². The molecule has 1 saturated heterocycles. The fraction of sp³-hybridized carbons (Fsp3) is 0.692. The molecule has 0 radical (unpaired) electrons. The van der Waals surface area contributed by atoms with Crippen LogP contribution in [0.5, 0.6) is 0 Å². The standard InChI is InChI=1S/C13H18N2O2S/c1-17-8-9-5-6-15(7-9)13-14-12-10(16)3-2-4-11(12)18-13/h9H,2-8H2,1H3. The maximum atomic E-state index is 11.8. The fourth-order valence-corrected chi connectivity index (χ4v) is 3.92. The van der Waals surface area contributed by atoms with Crippen LogP contribution < -0.4 is 4.90 Å². The number of fused-ring (bicyclic) bond motifs is 1. The lowest BCUT2D eigenvalue weighted by Gasteiger charge is -2.14. The monoisotopic (exact) mass is 266 g/mol. The minimum Gasteiger partial charge on any atom is -0.384 e. The van der Waals surface area contributed by atoms with Gasteiger partial charge in [0.05, 0.1) is 6.61 Å². The van der Waals surface area contributed by atoms with Crippen LogP contribution in [0.4, 0.5) is 5.13 Å². The van der Waals surface area contributed by atoms with Gasteiger partial charge in [-0.1, -0.05) is 0 Å². The second kappa shape index (κ2) is 4.97. The number of aryl methyl sites for hydroxylation is 1. The Balaban J connectivity index is 1.76. The summed E-state index contributed by atoms with van der Waals surface area (Å²) in [4.78, 5) is 19.8. The number of rotatable bonds is 3. The quantitative estimate of drug-likeness (QED) is 0.840. The summed E-state index contributed by atoms with van der Waals surface area (Å²) in [6.45, 7) is 2.86. The van der Waals surface area contributed by atoms with Crippen molar-refractivity contribution >= 4 is 22.3 Å². The number of nitrogens with zero attached hydrogens (tertiary/aromatic N) is 2. The first-order valence-corrected chi connectivity index (χ1v) is 7.36. The van der Waals surface area contributed by atoms with Gasteiger partial charge in [-0.15, -0.1) is 11.3 Å². The third kappa shape index (κ3) is 2.17. The Morgan fingerprint density at radius 2 is 2.39 bits per heavy atom. The molecule has 2 heterocycles. The molecule has 5 heteroatoms. The van der Waals surface area contributed by atoms with Gasteiger partial charge in [0.15, 0.2) is 10.9 Å². The first-order valence-electron chi connectivity index (χ1n) is 6.54. The molecular formula is C13H18N2O2S. The highest BCUT2D eigenvalue weighted by atomic mass is 32.1. The lowest BCUT2D eigenvalue weighted by atomic mass is 10.0. The van der Waals surface area contributed by atoms with E-state index in [9.17, 15) is 4.79 Å². The van der Waals surface area contributed by atoms with Crippen LogP contribution in [0.2, 0.25) is 0 Å². The molecule has 1 aromatic heterocycles. The summed E-state index contributed by atoms with van der Waals surface area (Å²) in [5, 5.41) is 1.04. The van der Waals surface area contributed by atoms with E-state index in [0.717, 1.165) is 49.8 Å². The van der Waals surface area contributed by atoms with Crippen LogP contribution in [-0.4, -0.2) is 37.6 Å². The number of methoxy groups -OCH3 is 1. The Hall–Kier alpha value is -0.940. The van der Waals surface area contributed by atoms with Crippen LogP contribution in [0.25, 0.3) is 0 Å². The second-order valence-electron chi connectivity index (χ2n) is 5.10. The average molecular weight is 266 g/mol. The molecule has 0 aromatic carbocycles. The SMILES string of the molecule is COCC1CCN(c2nc3c(s2)CCCC3=O)C1. The number of thiazole rings is 1. The number of anilines is 1. The molecule has 1 fully saturated rings. The van der Waals surface area contributed by atoms with Crippen LogP contribution in [0.1, 0.15) is 34.6 Å². The maximum Gasteiger partial charge on any atom is 0.186 e. The number of ether oxygens (including phenoxy) is 1. The Labute approximate surface area is 111 Å². The first-order chi connectivity index (χ1) is 8.78. The molecule has 18 heavy (non-hydrogen) atoms. The molecule has 1 aromatic rings. The number of Topliss-reactive ketones (excluding diaryl/α,β-unsaturated/α-hetero) is 1. The third-order valence-electron chi connectivity index (χ3n) is 3.72. The van der Waals surface area contributed by atoms with Crippen molar-refractivity contribution in [1.29, 1.82) is 0 Å². The Kier molecular flexibility index (Phi) is 3.35. The molecule has 1 aliphatic carbocycles. The minimum atomic E-state index is 0.228. The fourth-order valence-electron chi connectivity index (χ4n) is 2.77. The van der Waals surface area contributed by atoms with Gasteiger partial charge >= 0.3 is 0 Å². The zero-order chi connectivity index (χ0) is 12.5. The molecule has 3 rings (SSSR count). The molecule has 1 atom stereocenters. The van der Waals surface area contributed by atoms with Gasteiger partial charge in [0.2, 0.25) is 0 Å². The summed E-state index contributed by atoms with van der Waals surface area (Å²) in [6, 6.07) is 0. The van der Waals surface area contributed by atoms with Crippen LogP contribution in [0, 0.1) is 5.92 Å². The van der Waals surface area contributed by atoms with Gasteiger partial charge in [-0.2, -0.15) is 0 Å². The van der Waals surface area contributed by atoms with Gasteiger partial charge in [-0.3, -0.25) is 4.79 Å². The van der Waals surface area contributed by atoms with Crippen molar-refractivity contribution in [1.82, 2.24) is 4.98 Å². The molecule has 1 unspecified atom stereocenters. The number of carbonyl (C=O) groups excluding carboxylic acids is 1. The van der Waals surface area contributed by atoms with E-state index in [1.807, 2.05) is 0 Å². The Bertz CT molecular complexity index is 458. The van der Waals surface area contributed by atoms with Crippen molar-refractivity contribution in [2.75, 3.05) is 31.7 Å². The van der Waals surface area contributed by atoms with E-state index < -0.39 is 0 Å². The maximum absolute atomic E-state index is 11.8. The van der Waals surface area contributed by atoms with Crippen molar-refractivity contribution in [3.8, 4) is 0 Å². The van der Waals surface area contributed by atoms with E-state index in [1.165, 1.54) is 4.88 Å². The summed E-state index contributed by atoms with van der Waals surface area (Å²) < 4.78 is 5.21. The lowest BCUT2D eigenvalue weighted by Crippen LogP contribution is -2.21. The molecule has 2 aliphatic rings. The van der Waals surface area contributed by atoms with Crippen molar-refractivity contribution < 1.29 is 9.53 Å². The third-order valence-corrected chi connectivity index (χ3v) is 4.89. The molecule has 1 aliphatic heterocycles. The van der Waals surface area contributed by atoms with E-state index in [1.54, 1.807) is 18.4 Å². The molecule has 0 saturated carbocycles. The summed E-state index contributed by atoms with van der Waals surface area (Å²) in [7, 11) is 1.75. The van der Waals surface area contributed by atoms with Gasteiger partial charge in [0, 0.05) is 37.4 Å². The predicted molar refractivity (Wildman–Crippen MR) is 71.6 cm³/mol. The molecule has 0 bridgehead atoms. The summed E-state index contributed by atoms with van der Waals surface area (Å²) >= 11 is 1.71. The van der Waals surface area contributed by atoms with Crippen LogP contribution in [-0.2, 0) is 11.2 Å². The van der Waals surface area contributed by atoms with Gasteiger partial charge in [-0.05, 0) is 19.3 Å². The second-order valence-corrected chi connectivity index (χ2v) is 6.16. The van der Waals surface area contributed by atoms with Crippen LogP contribution in [0.15, 0.2) is 0 Å². The Morgan fingerprint density at radius 3 is 3.17 bits per heavy atom. The van der Waals surface area contributed by atoms with E-state index in [4.69, 9.17) is 4.74 Å². The largest absolute Gasteiger partial charge is 0.384 e. The molecule has 0 spiro atoms. The summed E-state index contributed by atoms with van der Waals surface area (Å²) in [5.74, 6) is 0.831. The first kappa shape index (κ1) is 12.1. The normalized spacial score (nSPS) is 23.5. The number of carbonyl (C=O) groups is 1. The molecule has 0 amide bonds. The number of ketones is 1. The lowest BCUT2D eigenvalue weighted by molar-refractivity contribution is 0.0968. The van der Waals surface area contributed by atoms with Gasteiger partial charge in [0.25, 0.3) is 0 Å². The number of aromatic nitrogens is 1. The topological polar surface area (TPSA) is 42.4 Å². The van der Waals surface area contributed by atoms with Gasteiger partial charge in [0.1, 0.15) is 5.69 Å². The smallest absolute Gasteiger partial charge is 0.186 e. The van der Waals surface area contributed by atoms with Crippen molar-refractivity contribution in [2.45, 2.75) is 25.7 Å². The highest BCUT2D eigenvalue weighted by Crippen LogP contribution is 2.34. The van der Waals surface area contributed by atoms with E-state index >= 15 is 0 Å². The summed E-state index contributed by atoms with van der Waals surface area (Å²) in [5.41, 5.74) is 0.747. The van der Waals surface area contributed by atoms with Crippen molar-refractivity contribution in [3.05, 3.63) is 10.6 Å². The van der Waals surface area contributed by atoms with E-state index in [0.29, 0.717) is 12.3 Å². The average Bonchev–Trinajstić information content (AvgIpc) is 2.96. The highest BCUT2D eigenvalue weighted by Gasteiger charge is 2.28. The van der Waals surface area contributed by atoms with Crippen LogP contribution >= 0.6 is 11.3 Å². The number of hydrogen-bond donors (Lipinski definition) is 0. The number of hydrogen-bond acceptors (Lipinski definition) is 5. The van der Waals surface area contributed by atoms with Crippen molar-refractivity contribution in [3.63, 3.8) is 0 Å². The summed E-state index contributed by atoms with van der Waals surface area (Å²) in [6.07, 6.45) is 3.84. The van der Waals surface area contributed by atoms with E-state index in [2.05, 4.69) is 9.88 Å². The van der Waals surface area contributed by atoms with Gasteiger partial charge < -0.3 is 9.64 Å². The zero-order valence-electron chi connectivity index (χ0n) is 10.6. The molecule has 4 nitrogen and oxygen atoms in total. The van der Waals surface area contributed by atoms with E-state index in [-0.39, 0.29) is 5.78 Å². The minimum absolute atomic E-state index is 0.228. The predicted octanol–water partition coefficient (Wildman–Crippen LogP) is 2.13. The Morgan fingerprint density at radius 1 is 1.50 bits per heavy atom. The molecule has 0 N–H and O–H groups in total. The zero-order valence-corrected chi connectivity index (χ0v) is 11.5. The van der Waals surface area contributed by atoms with Crippen LogP contribution in [0.3, 0.4) is 0 Å². The molecule has 98 valence electrons. The molecular weight excluding hydrogens is 248 g/mol. The highest BCUT2D eigenvalue weighted by molar-refractivity contribution is 7.16.